The van der Waals surface area contributed by atoms with Gasteiger partial charge in [-0.3, -0.25) is 9.78 Å². The summed E-state index contributed by atoms with van der Waals surface area (Å²) in [6, 6.07) is 11.6. The van der Waals surface area contributed by atoms with E-state index in [4.69, 9.17) is 14.2 Å². The van der Waals surface area contributed by atoms with Gasteiger partial charge in [-0.15, -0.1) is 0 Å². The molecule has 27 heavy (non-hydrogen) atoms. The third-order valence-corrected chi connectivity index (χ3v) is 5.84. The summed E-state index contributed by atoms with van der Waals surface area (Å²) in [7, 11) is 0. The number of hydrogen-bond donors (Lipinski definition) is 0. The van der Waals surface area contributed by atoms with Crippen molar-refractivity contribution in [1.82, 2.24) is 9.88 Å². The lowest BCUT2D eigenvalue weighted by molar-refractivity contribution is -0.172. The fourth-order valence-corrected chi connectivity index (χ4v) is 4.28. The van der Waals surface area contributed by atoms with Crippen LogP contribution >= 0.6 is 0 Å². The second-order valence-corrected chi connectivity index (χ2v) is 7.51. The zero-order valence-electron chi connectivity index (χ0n) is 15.0. The largest absolute Gasteiger partial charge is 0.492 e. The van der Waals surface area contributed by atoms with Gasteiger partial charge in [-0.25, -0.2) is 0 Å². The van der Waals surface area contributed by atoms with Crippen molar-refractivity contribution in [3.63, 3.8) is 0 Å². The number of fused-ring (bicyclic) bond motifs is 1. The summed E-state index contributed by atoms with van der Waals surface area (Å²) >= 11 is 0. The number of likely N-dealkylation sites (tertiary alicyclic amines) is 1. The molecule has 0 aliphatic carbocycles. The van der Waals surface area contributed by atoms with Crippen LogP contribution in [0.4, 0.5) is 0 Å². The third kappa shape index (κ3) is 2.94. The van der Waals surface area contributed by atoms with Crippen molar-refractivity contribution >= 4 is 5.91 Å². The maximum atomic E-state index is 12.8. The average Bonchev–Trinajstić information content (AvgIpc) is 3.29. The number of carbonyl (C=O) groups is 1. The number of rotatable bonds is 4. The van der Waals surface area contributed by atoms with Gasteiger partial charge >= 0.3 is 0 Å². The van der Waals surface area contributed by atoms with Crippen LogP contribution < -0.4 is 9.47 Å². The van der Waals surface area contributed by atoms with Gasteiger partial charge in [-0.1, -0.05) is 18.2 Å². The minimum atomic E-state index is -0.411. The van der Waals surface area contributed by atoms with E-state index in [1.807, 2.05) is 41.3 Å². The molecule has 140 valence electrons. The molecule has 0 saturated carbocycles. The number of nitrogens with zero attached hydrogens (tertiary/aromatic N) is 2. The molecule has 2 atom stereocenters. The number of aromatic nitrogens is 1. The van der Waals surface area contributed by atoms with Crippen molar-refractivity contribution in [3.05, 3.63) is 54.4 Å². The summed E-state index contributed by atoms with van der Waals surface area (Å²) in [5.74, 6) is 1.93. The lowest BCUT2D eigenvalue weighted by Crippen LogP contribution is -2.68. The number of ether oxygens (including phenoxy) is 3. The molecule has 0 unspecified atom stereocenters. The summed E-state index contributed by atoms with van der Waals surface area (Å²) in [4.78, 5) is 18.8. The Hall–Kier alpha value is -2.60. The van der Waals surface area contributed by atoms with Crippen molar-refractivity contribution in [2.75, 3.05) is 26.3 Å². The van der Waals surface area contributed by atoms with Crippen LogP contribution in [0.15, 0.2) is 48.8 Å². The highest BCUT2D eigenvalue weighted by atomic mass is 16.5. The zero-order valence-corrected chi connectivity index (χ0v) is 15.0. The van der Waals surface area contributed by atoms with E-state index in [0.29, 0.717) is 32.7 Å². The molecule has 6 nitrogen and oxygen atoms in total. The normalized spacial score (nSPS) is 25.0. The molecule has 1 spiro atoms. The Morgan fingerprint density at radius 3 is 2.96 bits per heavy atom. The fraction of sp³-hybridized carbons (Fsp3) is 0.429. The lowest BCUT2D eigenvalue weighted by Gasteiger charge is -2.50. The van der Waals surface area contributed by atoms with Crippen molar-refractivity contribution < 1.29 is 19.0 Å². The van der Waals surface area contributed by atoms with Crippen LogP contribution in [-0.2, 0) is 16.0 Å². The first-order chi connectivity index (χ1) is 13.2. The Morgan fingerprint density at radius 1 is 1.26 bits per heavy atom. The first kappa shape index (κ1) is 16.6. The molecule has 6 heteroatoms. The van der Waals surface area contributed by atoms with E-state index >= 15 is 0 Å². The Kier molecular flexibility index (Phi) is 4.01. The van der Waals surface area contributed by atoms with E-state index < -0.39 is 6.10 Å². The van der Waals surface area contributed by atoms with Crippen molar-refractivity contribution in [2.45, 2.75) is 24.5 Å². The molecule has 5 rings (SSSR count). The van der Waals surface area contributed by atoms with Crippen LogP contribution in [0.2, 0.25) is 0 Å². The minimum Gasteiger partial charge on any atom is -0.492 e. The minimum absolute atomic E-state index is 0.0549. The average molecular weight is 366 g/mol. The summed E-state index contributed by atoms with van der Waals surface area (Å²) in [6.07, 6.45) is 4.63. The molecule has 2 saturated heterocycles. The van der Waals surface area contributed by atoms with Gasteiger partial charge in [-0.05, 0) is 30.2 Å². The standard InChI is InChI=1S/C21H22N2O4/c24-20(19-10-15-4-1-2-6-18(15)27-19)23-13-21(14-23)16(7-9-26-21)12-25-17-5-3-8-22-11-17/h1-6,8,11,16,19H,7,9-10,12-14H2/t16-,19-/m1/s1. The van der Waals surface area contributed by atoms with Gasteiger partial charge in [0, 0.05) is 25.1 Å². The maximum Gasteiger partial charge on any atom is 0.264 e. The molecule has 1 aromatic carbocycles. The summed E-state index contributed by atoms with van der Waals surface area (Å²) in [6.45, 7) is 2.53. The van der Waals surface area contributed by atoms with Gasteiger partial charge in [-0.2, -0.15) is 0 Å². The number of para-hydroxylation sites is 1. The summed E-state index contributed by atoms with van der Waals surface area (Å²) in [5.41, 5.74) is 0.828. The predicted molar refractivity (Wildman–Crippen MR) is 97.7 cm³/mol. The molecular formula is C21H22N2O4. The Labute approximate surface area is 158 Å². The van der Waals surface area contributed by atoms with Crippen LogP contribution in [-0.4, -0.2) is 53.8 Å². The second kappa shape index (κ2) is 6.53. The van der Waals surface area contributed by atoms with Crippen LogP contribution in [0.5, 0.6) is 11.5 Å². The highest BCUT2D eigenvalue weighted by Crippen LogP contribution is 2.41. The van der Waals surface area contributed by atoms with E-state index in [9.17, 15) is 4.79 Å². The van der Waals surface area contributed by atoms with Gasteiger partial charge in [0.1, 0.15) is 17.1 Å². The fourth-order valence-electron chi connectivity index (χ4n) is 4.28. The summed E-state index contributed by atoms with van der Waals surface area (Å²) in [5, 5.41) is 0. The third-order valence-electron chi connectivity index (χ3n) is 5.84. The van der Waals surface area contributed by atoms with Gasteiger partial charge in [0.2, 0.25) is 0 Å². The Morgan fingerprint density at radius 2 is 2.15 bits per heavy atom. The smallest absolute Gasteiger partial charge is 0.264 e. The van der Waals surface area contributed by atoms with Crippen LogP contribution in [0.25, 0.3) is 0 Å². The number of amides is 1. The molecule has 1 aromatic heterocycles. The topological polar surface area (TPSA) is 60.9 Å². The van der Waals surface area contributed by atoms with E-state index in [1.165, 1.54) is 0 Å². The van der Waals surface area contributed by atoms with Gasteiger partial charge < -0.3 is 19.1 Å². The van der Waals surface area contributed by atoms with E-state index in [0.717, 1.165) is 23.5 Å². The lowest BCUT2D eigenvalue weighted by atomic mass is 9.81. The highest BCUT2D eigenvalue weighted by molar-refractivity contribution is 5.83. The van der Waals surface area contributed by atoms with Gasteiger partial charge in [0.05, 0.1) is 25.9 Å². The van der Waals surface area contributed by atoms with Crippen molar-refractivity contribution in [1.29, 1.82) is 0 Å². The number of pyridine rings is 1. The molecule has 3 aliphatic heterocycles. The molecule has 0 N–H and O–H groups in total. The van der Waals surface area contributed by atoms with Gasteiger partial charge in [0.15, 0.2) is 6.10 Å². The quantitative estimate of drug-likeness (QED) is 0.829. The molecular weight excluding hydrogens is 344 g/mol. The van der Waals surface area contributed by atoms with Gasteiger partial charge in [0.25, 0.3) is 5.91 Å². The van der Waals surface area contributed by atoms with Crippen LogP contribution in [0, 0.1) is 5.92 Å². The van der Waals surface area contributed by atoms with E-state index in [-0.39, 0.29) is 17.4 Å². The zero-order chi connectivity index (χ0) is 18.3. The molecule has 3 aliphatic rings. The molecule has 0 radical (unpaired) electrons. The van der Waals surface area contributed by atoms with Crippen LogP contribution in [0.1, 0.15) is 12.0 Å². The van der Waals surface area contributed by atoms with E-state index in [1.54, 1.807) is 12.4 Å². The number of hydrogen-bond acceptors (Lipinski definition) is 5. The predicted octanol–water partition coefficient (Wildman–Crippen LogP) is 2.08. The molecule has 2 fully saturated rings. The SMILES string of the molecule is O=C([C@H]1Cc2ccccc2O1)N1CC2(C1)OCC[C@@H]2COc1cccnc1. The molecule has 2 aromatic rings. The second-order valence-electron chi connectivity index (χ2n) is 7.51. The first-order valence-corrected chi connectivity index (χ1v) is 9.44. The Bertz CT molecular complexity index is 810. The van der Waals surface area contributed by atoms with Crippen molar-refractivity contribution in [2.24, 2.45) is 5.92 Å². The molecule has 0 bridgehead atoms. The Balaban J connectivity index is 1.18. The number of carbonyl (C=O) groups excluding carboxylic acids is 1. The molecule has 1 amide bonds. The van der Waals surface area contributed by atoms with E-state index in [2.05, 4.69) is 4.98 Å². The highest BCUT2D eigenvalue weighted by Gasteiger charge is 2.55. The first-order valence-electron chi connectivity index (χ1n) is 9.44. The van der Waals surface area contributed by atoms with Crippen molar-refractivity contribution in [3.8, 4) is 11.5 Å². The molecule has 4 heterocycles. The number of benzene rings is 1. The van der Waals surface area contributed by atoms with Crippen LogP contribution in [0.3, 0.4) is 0 Å². The summed E-state index contributed by atoms with van der Waals surface area (Å²) < 4.78 is 17.8. The monoisotopic (exact) mass is 366 g/mol. The maximum absolute atomic E-state index is 12.8.